The van der Waals surface area contributed by atoms with Gasteiger partial charge in [-0.05, 0) is 30.7 Å². The molecule has 0 radical (unpaired) electrons. The molecule has 0 aromatic carbocycles. The van der Waals surface area contributed by atoms with Crippen LogP contribution in [0.4, 0.5) is 0 Å². The Labute approximate surface area is 119 Å². The average Bonchev–Trinajstić information content (AvgIpc) is 2.73. The molecule has 2 aromatic heterocycles. The number of nitrogens with one attached hydrogen (secondary N) is 1. The zero-order chi connectivity index (χ0) is 13.4. The number of aromatic amines is 1. The number of aliphatic hydroxyl groups is 1. The molecule has 0 amide bonds. The van der Waals surface area contributed by atoms with Crippen molar-refractivity contribution in [3.05, 3.63) is 20.8 Å². The predicted molar refractivity (Wildman–Crippen MR) is 79.2 cm³/mol. The van der Waals surface area contributed by atoms with E-state index in [1.165, 1.54) is 22.2 Å². The van der Waals surface area contributed by atoms with Gasteiger partial charge >= 0.3 is 0 Å². The summed E-state index contributed by atoms with van der Waals surface area (Å²) in [5.74, 6) is 1.25. The molecule has 2 N–H and O–H groups in total. The van der Waals surface area contributed by atoms with Crippen LogP contribution in [-0.4, -0.2) is 27.4 Å². The normalized spacial score (nSPS) is 18.7. The molecular formula is C13H16N2O2S2. The van der Waals surface area contributed by atoms with Crippen molar-refractivity contribution in [2.75, 3.05) is 12.4 Å². The fraction of sp³-hybridized carbons (Fsp3) is 0.538. The summed E-state index contributed by atoms with van der Waals surface area (Å²) in [5, 5.41) is 10.2. The van der Waals surface area contributed by atoms with E-state index in [1.807, 2.05) is 0 Å². The highest BCUT2D eigenvalue weighted by atomic mass is 32.2. The molecule has 2 heterocycles. The van der Waals surface area contributed by atoms with Gasteiger partial charge in [0, 0.05) is 10.6 Å². The third-order valence-corrected chi connectivity index (χ3v) is 5.48. The number of fused-ring (bicyclic) bond motifs is 3. The van der Waals surface area contributed by atoms with Crippen molar-refractivity contribution in [2.45, 2.75) is 31.3 Å². The molecule has 102 valence electrons. The van der Waals surface area contributed by atoms with Crippen LogP contribution in [0.3, 0.4) is 0 Å². The lowest BCUT2D eigenvalue weighted by atomic mass is 9.89. The molecule has 2 aromatic rings. The molecule has 1 aliphatic carbocycles. The molecule has 0 fully saturated rings. The Balaban J connectivity index is 2.09. The van der Waals surface area contributed by atoms with Crippen LogP contribution >= 0.6 is 23.1 Å². The highest BCUT2D eigenvalue weighted by molar-refractivity contribution is 7.99. The molecule has 19 heavy (non-hydrogen) atoms. The van der Waals surface area contributed by atoms with Gasteiger partial charge in [-0.1, -0.05) is 18.7 Å². The monoisotopic (exact) mass is 296 g/mol. The maximum Gasteiger partial charge on any atom is 0.260 e. The van der Waals surface area contributed by atoms with E-state index in [1.54, 1.807) is 11.3 Å². The maximum absolute atomic E-state index is 12.2. The summed E-state index contributed by atoms with van der Waals surface area (Å²) >= 11 is 3.04. The van der Waals surface area contributed by atoms with E-state index in [2.05, 4.69) is 16.9 Å². The average molecular weight is 296 g/mol. The Morgan fingerprint density at radius 1 is 1.58 bits per heavy atom. The van der Waals surface area contributed by atoms with Crippen LogP contribution in [-0.2, 0) is 12.8 Å². The molecule has 6 heteroatoms. The predicted octanol–water partition coefficient (Wildman–Crippen LogP) is 2.19. The summed E-state index contributed by atoms with van der Waals surface area (Å²) in [5.41, 5.74) is 1.18. The Kier molecular flexibility index (Phi) is 3.64. The number of aryl methyl sites for hydroxylation is 1. The third-order valence-electron chi connectivity index (χ3n) is 3.47. The molecule has 0 saturated heterocycles. The van der Waals surface area contributed by atoms with Gasteiger partial charge in [0.2, 0.25) is 0 Å². The minimum atomic E-state index is -0.0301. The Bertz CT molecular complexity index is 662. The number of hydrogen-bond acceptors (Lipinski definition) is 5. The smallest absolute Gasteiger partial charge is 0.260 e. The van der Waals surface area contributed by atoms with Crippen LogP contribution in [0.2, 0.25) is 0 Å². The van der Waals surface area contributed by atoms with Gasteiger partial charge in [-0.15, -0.1) is 11.3 Å². The van der Waals surface area contributed by atoms with E-state index >= 15 is 0 Å². The minimum absolute atomic E-state index is 0.0301. The molecule has 1 aliphatic rings. The second kappa shape index (κ2) is 5.26. The summed E-state index contributed by atoms with van der Waals surface area (Å²) in [6, 6.07) is 0. The van der Waals surface area contributed by atoms with Gasteiger partial charge in [-0.2, -0.15) is 0 Å². The number of rotatable bonds is 3. The standard InChI is InChI=1S/C13H16N2O2S2/c1-7-2-3-8-9(6-7)19-12-10(8)11(17)14-13(15-12)18-5-4-16/h7,16H,2-6H2,1H3,(H,14,15,17). The number of H-pyrrole nitrogens is 1. The van der Waals surface area contributed by atoms with E-state index in [0.29, 0.717) is 16.8 Å². The Morgan fingerprint density at radius 3 is 3.21 bits per heavy atom. The fourth-order valence-corrected chi connectivity index (χ4v) is 4.59. The summed E-state index contributed by atoms with van der Waals surface area (Å²) in [6.45, 7) is 2.35. The molecular weight excluding hydrogens is 280 g/mol. The number of aliphatic hydroxyl groups excluding tert-OH is 1. The lowest BCUT2D eigenvalue weighted by Crippen LogP contribution is -2.13. The maximum atomic E-state index is 12.2. The van der Waals surface area contributed by atoms with Crippen molar-refractivity contribution >= 4 is 33.3 Å². The van der Waals surface area contributed by atoms with Gasteiger partial charge in [0.05, 0.1) is 12.0 Å². The van der Waals surface area contributed by atoms with Gasteiger partial charge in [-0.25, -0.2) is 4.98 Å². The lowest BCUT2D eigenvalue weighted by molar-refractivity contribution is 0.322. The van der Waals surface area contributed by atoms with Crippen LogP contribution < -0.4 is 5.56 Å². The second-order valence-corrected chi connectivity index (χ2v) is 7.14. The van der Waals surface area contributed by atoms with Crippen molar-refractivity contribution in [1.82, 2.24) is 9.97 Å². The summed E-state index contributed by atoms with van der Waals surface area (Å²) < 4.78 is 0. The second-order valence-electron chi connectivity index (χ2n) is 4.98. The zero-order valence-corrected chi connectivity index (χ0v) is 12.4. The van der Waals surface area contributed by atoms with Gasteiger partial charge in [0.25, 0.3) is 5.56 Å². The van der Waals surface area contributed by atoms with Crippen LogP contribution in [0.1, 0.15) is 23.8 Å². The molecule has 0 spiro atoms. The minimum Gasteiger partial charge on any atom is -0.396 e. The Hall–Kier alpha value is -0.850. The highest BCUT2D eigenvalue weighted by Crippen LogP contribution is 2.35. The van der Waals surface area contributed by atoms with Gasteiger partial charge < -0.3 is 10.1 Å². The van der Waals surface area contributed by atoms with E-state index in [-0.39, 0.29) is 12.2 Å². The Morgan fingerprint density at radius 2 is 2.42 bits per heavy atom. The van der Waals surface area contributed by atoms with Crippen molar-refractivity contribution in [3.63, 3.8) is 0 Å². The molecule has 0 aliphatic heterocycles. The molecule has 0 bridgehead atoms. The highest BCUT2D eigenvalue weighted by Gasteiger charge is 2.22. The lowest BCUT2D eigenvalue weighted by Gasteiger charge is -2.17. The molecule has 3 rings (SSSR count). The van der Waals surface area contributed by atoms with E-state index in [9.17, 15) is 4.79 Å². The van der Waals surface area contributed by atoms with Crippen LogP contribution in [0.15, 0.2) is 9.95 Å². The summed E-state index contributed by atoms with van der Waals surface area (Å²) in [7, 11) is 0. The van der Waals surface area contributed by atoms with E-state index in [0.717, 1.165) is 29.5 Å². The van der Waals surface area contributed by atoms with Crippen molar-refractivity contribution in [1.29, 1.82) is 0 Å². The molecule has 4 nitrogen and oxygen atoms in total. The first kappa shape index (κ1) is 13.1. The van der Waals surface area contributed by atoms with E-state index < -0.39 is 0 Å². The number of aromatic nitrogens is 2. The van der Waals surface area contributed by atoms with Gasteiger partial charge in [0.15, 0.2) is 5.16 Å². The van der Waals surface area contributed by atoms with Crippen LogP contribution in [0.25, 0.3) is 10.2 Å². The van der Waals surface area contributed by atoms with Gasteiger partial charge in [0.1, 0.15) is 4.83 Å². The number of nitrogens with zero attached hydrogens (tertiary/aromatic N) is 1. The fourth-order valence-electron chi connectivity index (χ4n) is 2.54. The number of thiophene rings is 1. The molecule has 0 saturated carbocycles. The van der Waals surface area contributed by atoms with Crippen molar-refractivity contribution < 1.29 is 5.11 Å². The summed E-state index contributed by atoms with van der Waals surface area (Å²) in [4.78, 5) is 21.7. The molecule has 1 atom stereocenters. The first-order valence-electron chi connectivity index (χ1n) is 6.47. The topological polar surface area (TPSA) is 66.0 Å². The largest absolute Gasteiger partial charge is 0.396 e. The third kappa shape index (κ3) is 2.44. The van der Waals surface area contributed by atoms with Gasteiger partial charge in [-0.3, -0.25) is 4.79 Å². The van der Waals surface area contributed by atoms with Crippen molar-refractivity contribution in [2.24, 2.45) is 5.92 Å². The van der Waals surface area contributed by atoms with Crippen LogP contribution in [0.5, 0.6) is 0 Å². The molecule has 1 unspecified atom stereocenters. The SMILES string of the molecule is CC1CCc2c(sc3nc(SCCO)[nH]c(=O)c23)C1. The van der Waals surface area contributed by atoms with E-state index in [4.69, 9.17) is 5.11 Å². The first-order valence-corrected chi connectivity index (χ1v) is 8.27. The van der Waals surface area contributed by atoms with Crippen LogP contribution in [0, 0.1) is 5.92 Å². The first-order chi connectivity index (χ1) is 9.19. The number of hydrogen-bond donors (Lipinski definition) is 2. The van der Waals surface area contributed by atoms with Crippen molar-refractivity contribution in [3.8, 4) is 0 Å². The zero-order valence-electron chi connectivity index (χ0n) is 10.7. The number of thioether (sulfide) groups is 1. The quantitative estimate of drug-likeness (QED) is 0.673. The summed E-state index contributed by atoms with van der Waals surface area (Å²) in [6.07, 6.45) is 3.21.